The van der Waals surface area contributed by atoms with Crippen molar-refractivity contribution in [2.45, 2.75) is 31.8 Å². The van der Waals surface area contributed by atoms with Crippen LogP contribution in [0.1, 0.15) is 42.0 Å². The molecule has 0 radical (unpaired) electrons. The van der Waals surface area contributed by atoms with Gasteiger partial charge in [-0.1, -0.05) is 29.4 Å². The zero-order valence-electron chi connectivity index (χ0n) is 17.6. The maximum absolute atomic E-state index is 13.1. The molecule has 1 saturated heterocycles. The Morgan fingerprint density at radius 1 is 1.12 bits per heavy atom. The van der Waals surface area contributed by atoms with Crippen molar-refractivity contribution in [2.75, 3.05) is 6.54 Å². The Balaban J connectivity index is 1.25. The summed E-state index contributed by atoms with van der Waals surface area (Å²) in [6, 6.07) is 13.7. The van der Waals surface area contributed by atoms with Crippen LogP contribution >= 0.6 is 0 Å². The minimum absolute atomic E-state index is 0.0541. The first-order valence-electron chi connectivity index (χ1n) is 10.9. The molecule has 6 rings (SSSR count). The minimum atomic E-state index is -0.290. The molecule has 0 bridgehead atoms. The Morgan fingerprint density at radius 2 is 1.97 bits per heavy atom. The van der Waals surface area contributed by atoms with Gasteiger partial charge in [-0.3, -0.25) is 9.69 Å². The molecule has 9 heteroatoms. The van der Waals surface area contributed by atoms with Crippen molar-refractivity contribution < 1.29 is 13.3 Å². The maximum Gasteiger partial charge on any atom is 0.294 e. The standard InChI is InChI=1S/C24H20FN5O3/c25-15-9-7-14(8-10-15)12-19-28-24(33-29-19)17-5-3-11-30(17)13-20-26-21-16-4-1-2-6-18(16)32-22(21)23(31)27-20/h1-2,4,6-10,17H,3,5,11-13H2,(H,26,27,31). The molecular formula is C24H20FN5O3. The fourth-order valence-corrected chi connectivity index (χ4v) is 4.47. The number of halogens is 1. The first kappa shape index (κ1) is 19.8. The summed E-state index contributed by atoms with van der Waals surface area (Å²) >= 11 is 0. The van der Waals surface area contributed by atoms with E-state index in [9.17, 15) is 9.18 Å². The molecule has 1 N–H and O–H groups in total. The lowest BCUT2D eigenvalue weighted by Gasteiger charge is -2.20. The van der Waals surface area contributed by atoms with Gasteiger partial charge in [-0.2, -0.15) is 4.98 Å². The molecule has 1 atom stereocenters. The van der Waals surface area contributed by atoms with E-state index < -0.39 is 0 Å². The van der Waals surface area contributed by atoms with E-state index in [0.29, 0.717) is 41.6 Å². The molecule has 5 aromatic rings. The van der Waals surface area contributed by atoms with E-state index in [1.54, 1.807) is 12.1 Å². The van der Waals surface area contributed by atoms with Crippen molar-refractivity contribution in [3.63, 3.8) is 0 Å². The lowest BCUT2D eigenvalue weighted by Crippen LogP contribution is -2.25. The highest BCUT2D eigenvalue weighted by Crippen LogP contribution is 2.32. The van der Waals surface area contributed by atoms with Crippen LogP contribution in [0.5, 0.6) is 0 Å². The van der Waals surface area contributed by atoms with Crippen molar-refractivity contribution in [1.82, 2.24) is 25.0 Å². The molecular weight excluding hydrogens is 425 g/mol. The molecule has 0 saturated carbocycles. The molecule has 166 valence electrons. The third-order valence-electron chi connectivity index (χ3n) is 6.04. The first-order valence-corrected chi connectivity index (χ1v) is 10.9. The van der Waals surface area contributed by atoms with Crippen LogP contribution in [0.3, 0.4) is 0 Å². The Bertz CT molecular complexity index is 1500. The number of hydrogen-bond acceptors (Lipinski definition) is 7. The number of fused-ring (bicyclic) bond motifs is 3. The van der Waals surface area contributed by atoms with Crippen LogP contribution in [0.25, 0.3) is 22.1 Å². The van der Waals surface area contributed by atoms with E-state index in [2.05, 4.69) is 20.0 Å². The van der Waals surface area contributed by atoms with Crippen molar-refractivity contribution in [2.24, 2.45) is 0 Å². The molecule has 8 nitrogen and oxygen atoms in total. The number of nitrogens with zero attached hydrogens (tertiary/aromatic N) is 4. The first-order chi connectivity index (χ1) is 16.1. The molecule has 3 aromatic heterocycles. The minimum Gasteiger partial charge on any atom is -0.449 e. The number of H-pyrrole nitrogens is 1. The Labute approximate surface area is 187 Å². The highest BCUT2D eigenvalue weighted by Gasteiger charge is 2.31. The average molecular weight is 445 g/mol. The third kappa shape index (κ3) is 3.70. The van der Waals surface area contributed by atoms with Crippen molar-refractivity contribution in [1.29, 1.82) is 0 Å². The quantitative estimate of drug-likeness (QED) is 0.434. The maximum atomic E-state index is 13.1. The molecule has 1 aliphatic rings. The number of hydrogen-bond donors (Lipinski definition) is 1. The lowest BCUT2D eigenvalue weighted by atomic mass is 10.1. The number of likely N-dealkylation sites (tertiary alicyclic amines) is 1. The van der Waals surface area contributed by atoms with Gasteiger partial charge in [0.15, 0.2) is 5.82 Å². The highest BCUT2D eigenvalue weighted by atomic mass is 19.1. The van der Waals surface area contributed by atoms with Crippen LogP contribution in [0.4, 0.5) is 4.39 Å². The van der Waals surface area contributed by atoms with E-state index in [4.69, 9.17) is 13.9 Å². The van der Waals surface area contributed by atoms with Gasteiger partial charge in [-0.25, -0.2) is 9.37 Å². The van der Waals surface area contributed by atoms with Gasteiger partial charge in [0.25, 0.3) is 5.56 Å². The second-order valence-corrected chi connectivity index (χ2v) is 8.27. The fraction of sp³-hybridized carbons (Fsp3) is 0.250. The molecule has 1 aliphatic heterocycles. The number of rotatable bonds is 5. The molecule has 1 fully saturated rings. The number of benzene rings is 2. The molecule has 1 unspecified atom stereocenters. The van der Waals surface area contributed by atoms with Crippen molar-refractivity contribution in [3.8, 4) is 0 Å². The predicted molar refractivity (Wildman–Crippen MR) is 118 cm³/mol. The largest absolute Gasteiger partial charge is 0.449 e. The van der Waals surface area contributed by atoms with Crippen LogP contribution in [-0.4, -0.2) is 31.6 Å². The van der Waals surface area contributed by atoms with Crippen LogP contribution in [-0.2, 0) is 13.0 Å². The third-order valence-corrected chi connectivity index (χ3v) is 6.04. The van der Waals surface area contributed by atoms with Gasteiger partial charge < -0.3 is 13.9 Å². The van der Waals surface area contributed by atoms with E-state index in [0.717, 1.165) is 30.3 Å². The Hall–Kier alpha value is -3.85. The number of aromatic amines is 1. The molecule has 0 aliphatic carbocycles. The van der Waals surface area contributed by atoms with Crippen molar-refractivity contribution >= 4 is 22.1 Å². The lowest BCUT2D eigenvalue weighted by molar-refractivity contribution is 0.197. The van der Waals surface area contributed by atoms with Gasteiger partial charge in [-0.05, 0) is 49.2 Å². The van der Waals surface area contributed by atoms with Crippen molar-refractivity contribution in [3.05, 3.63) is 87.8 Å². The topological polar surface area (TPSA) is 101 Å². The molecule has 2 aromatic carbocycles. The van der Waals surface area contributed by atoms with E-state index in [1.165, 1.54) is 12.1 Å². The predicted octanol–water partition coefficient (Wildman–Crippen LogP) is 4.12. The van der Waals surface area contributed by atoms with Gasteiger partial charge in [0.2, 0.25) is 11.5 Å². The highest BCUT2D eigenvalue weighted by molar-refractivity contribution is 6.01. The number of para-hydroxylation sites is 1. The van der Waals surface area contributed by atoms with E-state index >= 15 is 0 Å². The number of furan rings is 1. The summed E-state index contributed by atoms with van der Waals surface area (Å²) in [5.74, 6) is 1.39. The molecule has 4 heterocycles. The van der Waals surface area contributed by atoms with Crippen LogP contribution in [0.2, 0.25) is 0 Å². The summed E-state index contributed by atoms with van der Waals surface area (Å²) in [6.07, 6.45) is 2.32. The smallest absolute Gasteiger partial charge is 0.294 e. The second kappa shape index (κ2) is 7.93. The van der Waals surface area contributed by atoms with Crippen LogP contribution < -0.4 is 5.56 Å². The van der Waals surface area contributed by atoms with Gasteiger partial charge in [0.1, 0.15) is 22.7 Å². The summed E-state index contributed by atoms with van der Waals surface area (Å²) in [5, 5.41) is 4.93. The monoisotopic (exact) mass is 445 g/mol. The van der Waals surface area contributed by atoms with Gasteiger partial charge in [0.05, 0.1) is 12.6 Å². The summed E-state index contributed by atoms with van der Waals surface area (Å²) in [5.41, 5.74) is 2.07. The van der Waals surface area contributed by atoms with E-state index in [1.807, 2.05) is 24.3 Å². The normalized spacial score (nSPS) is 16.8. The van der Waals surface area contributed by atoms with Gasteiger partial charge >= 0.3 is 0 Å². The summed E-state index contributed by atoms with van der Waals surface area (Å²) in [7, 11) is 0. The zero-order valence-corrected chi connectivity index (χ0v) is 17.6. The van der Waals surface area contributed by atoms with Gasteiger partial charge in [-0.15, -0.1) is 0 Å². The Kier molecular flexibility index (Phi) is 4.76. The Morgan fingerprint density at radius 3 is 2.85 bits per heavy atom. The van der Waals surface area contributed by atoms with Crippen LogP contribution in [0, 0.1) is 5.82 Å². The summed E-state index contributed by atoms with van der Waals surface area (Å²) < 4.78 is 24.4. The fourth-order valence-electron chi connectivity index (χ4n) is 4.47. The molecule has 33 heavy (non-hydrogen) atoms. The van der Waals surface area contributed by atoms with E-state index in [-0.39, 0.29) is 23.0 Å². The molecule has 0 amide bonds. The number of aromatic nitrogens is 4. The SMILES string of the molecule is O=c1[nH]c(CN2CCCC2c2nc(Cc3ccc(F)cc3)no2)nc2c1oc1ccccc12. The average Bonchev–Trinajstić information content (AvgIpc) is 3.54. The zero-order chi connectivity index (χ0) is 22.4. The second-order valence-electron chi connectivity index (χ2n) is 8.27. The number of nitrogens with one attached hydrogen (secondary N) is 1. The van der Waals surface area contributed by atoms with Gasteiger partial charge in [0, 0.05) is 11.8 Å². The molecule has 0 spiro atoms. The summed E-state index contributed by atoms with van der Waals surface area (Å²) in [6.45, 7) is 1.28. The summed E-state index contributed by atoms with van der Waals surface area (Å²) in [4.78, 5) is 26.9. The van der Waals surface area contributed by atoms with Crippen LogP contribution in [0.15, 0.2) is 62.3 Å².